The van der Waals surface area contributed by atoms with E-state index in [4.69, 9.17) is 0 Å². The number of para-hydroxylation sites is 1. The first kappa shape index (κ1) is 13.7. The quantitative estimate of drug-likeness (QED) is 0.912. The van der Waals surface area contributed by atoms with Gasteiger partial charge in [0.1, 0.15) is 0 Å². The molecule has 0 saturated heterocycles. The van der Waals surface area contributed by atoms with Crippen molar-refractivity contribution in [2.24, 2.45) is 23.7 Å². The zero-order chi connectivity index (χ0) is 15.3. The van der Waals surface area contributed by atoms with Gasteiger partial charge in [0.05, 0.1) is 22.1 Å². The summed E-state index contributed by atoms with van der Waals surface area (Å²) in [6.45, 7) is 0. The molecule has 1 aromatic carbocycles. The van der Waals surface area contributed by atoms with Gasteiger partial charge in [0.25, 0.3) is 0 Å². The van der Waals surface area contributed by atoms with Gasteiger partial charge in [-0.1, -0.05) is 23.5 Å². The number of nitrogens with zero attached hydrogens (tertiary/aromatic N) is 1. The first-order chi connectivity index (χ1) is 10.6. The summed E-state index contributed by atoms with van der Waals surface area (Å²) >= 11 is 1.42. The van der Waals surface area contributed by atoms with Crippen molar-refractivity contribution in [3.8, 4) is 0 Å². The second-order valence-electron chi connectivity index (χ2n) is 6.20. The van der Waals surface area contributed by atoms with Crippen LogP contribution >= 0.6 is 11.3 Å². The van der Waals surface area contributed by atoms with Crippen LogP contribution in [0.5, 0.6) is 0 Å². The van der Waals surface area contributed by atoms with E-state index >= 15 is 0 Å². The molecule has 114 valence electrons. The number of fused-ring (bicyclic) bond motifs is 3. The normalized spacial score (nSPS) is 29.8. The Kier molecular flexibility index (Phi) is 3.14. The highest BCUT2D eigenvalue weighted by Gasteiger charge is 2.54. The molecule has 2 bridgehead atoms. The molecule has 0 radical (unpaired) electrons. The summed E-state index contributed by atoms with van der Waals surface area (Å²) in [5, 5.41) is 12.8. The van der Waals surface area contributed by atoms with Crippen LogP contribution < -0.4 is 5.32 Å². The zero-order valence-corrected chi connectivity index (χ0v) is 12.7. The minimum Gasteiger partial charge on any atom is -0.481 e. The van der Waals surface area contributed by atoms with Gasteiger partial charge < -0.3 is 10.4 Å². The van der Waals surface area contributed by atoms with Crippen LogP contribution in [-0.4, -0.2) is 22.0 Å². The number of rotatable bonds is 3. The van der Waals surface area contributed by atoms with E-state index in [9.17, 15) is 14.7 Å². The summed E-state index contributed by atoms with van der Waals surface area (Å²) in [7, 11) is 0. The number of aliphatic carboxylic acids is 1. The average molecular weight is 316 g/mol. The maximum Gasteiger partial charge on any atom is 0.307 e. The molecule has 5 nitrogen and oxygen atoms in total. The van der Waals surface area contributed by atoms with Crippen molar-refractivity contribution < 1.29 is 14.7 Å². The zero-order valence-electron chi connectivity index (χ0n) is 11.9. The lowest BCUT2D eigenvalue weighted by molar-refractivity contribution is -0.148. The molecule has 0 unspecified atom stereocenters. The fourth-order valence-corrected chi connectivity index (χ4v) is 5.01. The number of thiazole rings is 1. The monoisotopic (exact) mass is 316 g/mol. The minimum absolute atomic E-state index is 0.161. The number of carbonyl (C=O) groups excluding carboxylic acids is 1. The summed E-state index contributed by atoms with van der Waals surface area (Å²) in [5.41, 5.74) is 0.852. The summed E-state index contributed by atoms with van der Waals surface area (Å²) in [6.07, 6.45) is 2.77. The smallest absolute Gasteiger partial charge is 0.307 e. The van der Waals surface area contributed by atoms with E-state index in [2.05, 4.69) is 10.3 Å². The third kappa shape index (κ3) is 2.09. The number of hydrogen-bond donors (Lipinski definition) is 2. The molecule has 0 spiro atoms. The van der Waals surface area contributed by atoms with E-state index in [0.717, 1.165) is 29.5 Å². The first-order valence-electron chi connectivity index (χ1n) is 7.53. The molecule has 1 amide bonds. The molecule has 2 fully saturated rings. The van der Waals surface area contributed by atoms with Crippen LogP contribution in [0.2, 0.25) is 0 Å². The average Bonchev–Trinajstić information content (AvgIpc) is 3.19. The Labute approximate surface area is 131 Å². The molecule has 22 heavy (non-hydrogen) atoms. The van der Waals surface area contributed by atoms with Crippen molar-refractivity contribution in [3.05, 3.63) is 24.3 Å². The van der Waals surface area contributed by atoms with Gasteiger partial charge in [-0.15, -0.1) is 0 Å². The number of nitrogens with one attached hydrogen (secondary N) is 1. The molecular formula is C16H16N2O3S. The number of anilines is 1. The SMILES string of the molecule is O=C(O)[C@@H]1[C@H]2CC[C@@H](C2)[C@H]1C(=O)Nc1nc2ccccc2s1. The standard InChI is InChI=1S/C16H16N2O3S/c19-14(12-8-5-6-9(7-8)13(12)15(20)21)18-16-17-10-3-1-2-4-11(10)22-16/h1-4,8-9,12-13H,5-7H2,(H,20,21)(H,17,18,19)/t8-,9-,12+,13+/m0/s1. The largest absolute Gasteiger partial charge is 0.481 e. The highest BCUT2D eigenvalue weighted by molar-refractivity contribution is 7.22. The molecule has 2 aliphatic carbocycles. The van der Waals surface area contributed by atoms with E-state index in [1.54, 1.807) is 0 Å². The molecule has 4 rings (SSSR count). The fraction of sp³-hybridized carbons (Fsp3) is 0.438. The number of hydrogen-bond acceptors (Lipinski definition) is 4. The number of amides is 1. The third-order valence-corrected chi connectivity index (χ3v) is 5.98. The number of carboxylic acid groups (broad SMARTS) is 1. The van der Waals surface area contributed by atoms with Gasteiger partial charge in [-0.05, 0) is 43.2 Å². The fourth-order valence-electron chi connectivity index (χ4n) is 4.14. The predicted molar refractivity (Wildman–Crippen MR) is 83.7 cm³/mol. The van der Waals surface area contributed by atoms with Crippen molar-refractivity contribution in [3.63, 3.8) is 0 Å². The van der Waals surface area contributed by atoms with E-state index in [1.807, 2.05) is 24.3 Å². The second-order valence-corrected chi connectivity index (χ2v) is 7.23. The molecular weight excluding hydrogens is 300 g/mol. The lowest BCUT2D eigenvalue weighted by atomic mass is 9.79. The lowest BCUT2D eigenvalue weighted by Crippen LogP contribution is -2.37. The number of carboxylic acids is 1. The van der Waals surface area contributed by atoms with Crippen molar-refractivity contribution >= 4 is 38.6 Å². The van der Waals surface area contributed by atoms with E-state index in [0.29, 0.717) is 5.13 Å². The van der Waals surface area contributed by atoms with E-state index in [1.165, 1.54) is 11.3 Å². The van der Waals surface area contributed by atoms with E-state index < -0.39 is 17.8 Å². The Morgan fingerprint density at radius 1 is 1.18 bits per heavy atom. The number of aromatic nitrogens is 1. The predicted octanol–water partition coefficient (Wildman–Crippen LogP) is 2.98. The first-order valence-corrected chi connectivity index (χ1v) is 8.34. The van der Waals surface area contributed by atoms with Crippen LogP contribution in [0, 0.1) is 23.7 Å². The van der Waals surface area contributed by atoms with Gasteiger partial charge in [-0.25, -0.2) is 4.98 Å². The van der Waals surface area contributed by atoms with Gasteiger partial charge in [-0.2, -0.15) is 0 Å². The Morgan fingerprint density at radius 2 is 1.91 bits per heavy atom. The van der Waals surface area contributed by atoms with Crippen LogP contribution in [0.25, 0.3) is 10.2 Å². The third-order valence-electron chi connectivity index (χ3n) is 5.03. The Balaban J connectivity index is 1.57. The lowest BCUT2D eigenvalue weighted by Gasteiger charge is -2.26. The molecule has 2 N–H and O–H groups in total. The Hall–Kier alpha value is -1.95. The van der Waals surface area contributed by atoms with Gasteiger partial charge in [-0.3, -0.25) is 9.59 Å². The Morgan fingerprint density at radius 3 is 2.64 bits per heavy atom. The molecule has 2 aromatic rings. The van der Waals surface area contributed by atoms with Crippen molar-refractivity contribution in [1.29, 1.82) is 0 Å². The number of benzene rings is 1. The second kappa shape index (κ2) is 5.05. The van der Waals surface area contributed by atoms with Crippen LogP contribution in [0.1, 0.15) is 19.3 Å². The van der Waals surface area contributed by atoms with Crippen molar-refractivity contribution in [2.75, 3.05) is 5.32 Å². The summed E-state index contributed by atoms with van der Waals surface area (Å²) in [5.74, 6) is -1.60. The summed E-state index contributed by atoms with van der Waals surface area (Å²) < 4.78 is 1.01. The van der Waals surface area contributed by atoms with E-state index in [-0.39, 0.29) is 17.7 Å². The molecule has 1 aromatic heterocycles. The summed E-state index contributed by atoms with van der Waals surface area (Å²) in [6, 6.07) is 7.70. The molecule has 4 atom stereocenters. The van der Waals surface area contributed by atoms with Crippen LogP contribution in [-0.2, 0) is 9.59 Å². The molecule has 6 heteroatoms. The van der Waals surface area contributed by atoms with Gasteiger partial charge in [0.15, 0.2) is 5.13 Å². The van der Waals surface area contributed by atoms with Crippen molar-refractivity contribution in [1.82, 2.24) is 4.98 Å². The molecule has 2 aliphatic rings. The van der Waals surface area contributed by atoms with Crippen LogP contribution in [0.15, 0.2) is 24.3 Å². The Bertz CT molecular complexity index is 724. The highest BCUT2D eigenvalue weighted by Crippen LogP contribution is 2.52. The maximum atomic E-state index is 12.6. The summed E-state index contributed by atoms with van der Waals surface area (Å²) in [4.78, 5) is 28.5. The molecule has 0 aliphatic heterocycles. The van der Waals surface area contributed by atoms with Crippen LogP contribution in [0.4, 0.5) is 5.13 Å². The van der Waals surface area contributed by atoms with Gasteiger partial charge >= 0.3 is 5.97 Å². The molecule has 2 saturated carbocycles. The highest BCUT2D eigenvalue weighted by atomic mass is 32.1. The van der Waals surface area contributed by atoms with Gasteiger partial charge in [0, 0.05) is 0 Å². The minimum atomic E-state index is -0.836. The topological polar surface area (TPSA) is 79.3 Å². The van der Waals surface area contributed by atoms with Gasteiger partial charge in [0.2, 0.25) is 5.91 Å². The molecule has 1 heterocycles. The number of carbonyl (C=O) groups is 2. The van der Waals surface area contributed by atoms with Crippen LogP contribution in [0.3, 0.4) is 0 Å². The van der Waals surface area contributed by atoms with Crippen molar-refractivity contribution in [2.45, 2.75) is 19.3 Å². The maximum absolute atomic E-state index is 12.6.